The maximum Gasteiger partial charge on any atom is -0.000825 e. The summed E-state index contributed by atoms with van der Waals surface area (Å²) in [5, 5.41) is 3.34. The highest BCUT2D eigenvalue weighted by Gasteiger charge is 2.18. The van der Waals surface area contributed by atoms with Crippen LogP contribution in [-0.4, -0.2) is 37.6 Å². The number of nitrogens with zero attached hydrogens (tertiary/aromatic N) is 1. The molecule has 0 aromatic carbocycles. The van der Waals surface area contributed by atoms with Crippen LogP contribution in [0.4, 0.5) is 0 Å². The second-order valence-corrected chi connectivity index (χ2v) is 5.19. The van der Waals surface area contributed by atoms with Crippen molar-refractivity contribution in [3.63, 3.8) is 0 Å². The van der Waals surface area contributed by atoms with Gasteiger partial charge >= 0.3 is 0 Å². The van der Waals surface area contributed by atoms with Crippen molar-refractivity contribution in [1.29, 1.82) is 0 Å². The van der Waals surface area contributed by atoms with Crippen molar-refractivity contribution in [1.82, 2.24) is 10.2 Å². The first-order valence-corrected chi connectivity index (χ1v) is 6.27. The van der Waals surface area contributed by atoms with E-state index >= 15 is 0 Å². The van der Waals surface area contributed by atoms with Gasteiger partial charge in [0.1, 0.15) is 0 Å². The Hall–Kier alpha value is -0.0800. The molecule has 0 spiro atoms. The van der Waals surface area contributed by atoms with Crippen LogP contribution < -0.4 is 5.32 Å². The van der Waals surface area contributed by atoms with E-state index in [0.717, 1.165) is 11.8 Å². The number of likely N-dealkylation sites (tertiary alicyclic amines) is 1. The third-order valence-electron chi connectivity index (χ3n) is 3.83. The summed E-state index contributed by atoms with van der Waals surface area (Å²) in [5.74, 6) is 1.97. The summed E-state index contributed by atoms with van der Waals surface area (Å²) in [6.45, 7) is 8.99. The standard InChI is InChI=1S/C12H24N2/c1-11-4-7-14(8-5-11)6-2-3-12-9-13-10-12/h11-13H,2-10H2,1H3. The molecule has 0 saturated carbocycles. The minimum atomic E-state index is 0.974. The molecule has 2 heteroatoms. The van der Waals surface area contributed by atoms with Gasteiger partial charge in [0.15, 0.2) is 0 Å². The zero-order valence-corrected chi connectivity index (χ0v) is 9.47. The Labute approximate surface area is 88.1 Å². The van der Waals surface area contributed by atoms with Crippen LogP contribution in [0.1, 0.15) is 32.6 Å². The van der Waals surface area contributed by atoms with E-state index in [9.17, 15) is 0 Å². The van der Waals surface area contributed by atoms with Crippen LogP contribution in [0, 0.1) is 11.8 Å². The molecule has 1 N–H and O–H groups in total. The minimum Gasteiger partial charge on any atom is -0.316 e. The zero-order valence-electron chi connectivity index (χ0n) is 9.47. The van der Waals surface area contributed by atoms with Crippen molar-refractivity contribution in [2.75, 3.05) is 32.7 Å². The third kappa shape index (κ3) is 2.96. The molecule has 2 heterocycles. The Kier molecular flexibility index (Phi) is 3.82. The Bertz CT molecular complexity index is 158. The molecular formula is C12H24N2. The van der Waals surface area contributed by atoms with E-state index in [4.69, 9.17) is 0 Å². The van der Waals surface area contributed by atoms with E-state index in [0.29, 0.717) is 0 Å². The summed E-state index contributed by atoms with van der Waals surface area (Å²) >= 11 is 0. The van der Waals surface area contributed by atoms with Gasteiger partial charge < -0.3 is 10.2 Å². The van der Waals surface area contributed by atoms with Crippen LogP contribution in [0.2, 0.25) is 0 Å². The Morgan fingerprint density at radius 2 is 1.93 bits per heavy atom. The fraction of sp³-hybridized carbons (Fsp3) is 1.00. The van der Waals surface area contributed by atoms with Gasteiger partial charge in [0, 0.05) is 0 Å². The third-order valence-corrected chi connectivity index (χ3v) is 3.83. The largest absolute Gasteiger partial charge is 0.316 e. The minimum absolute atomic E-state index is 0.974. The first kappa shape index (κ1) is 10.4. The lowest BCUT2D eigenvalue weighted by Gasteiger charge is -2.32. The van der Waals surface area contributed by atoms with Gasteiger partial charge in [-0.25, -0.2) is 0 Å². The molecule has 2 aliphatic heterocycles. The lowest BCUT2D eigenvalue weighted by molar-refractivity contribution is 0.182. The number of rotatable bonds is 4. The maximum atomic E-state index is 3.34. The number of hydrogen-bond donors (Lipinski definition) is 1. The number of hydrogen-bond acceptors (Lipinski definition) is 2. The molecule has 82 valence electrons. The molecule has 0 aromatic rings. The molecule has 0 bridgehead atoms. The van der Waals surface area contributed by atoms with Gasteiger partial charge in [-0.3, -0.25) is 0 Å². The zero-order chi connectivity index (χ0) is 9.80. The van der Waals surface area contributed by atoms with E-state index < -0.39 is 0 Å². The second kappa shape index (κ2) is 5.13. The van der Waals surface area contributed by atoms with Crippen molar-refractivity contribution < 1.29 is 0 Å². The smallest absolute Gasteiger partial charge is 0.000825 e. The number of piperidine rings is 1. The van der Waals surface area contributed by atoms with Crippen LogP contribution in [-0.2, 0) is 0 Å². The molecule has 0 unspecified atom stereocenters. The monoisotopic (exact) mass is 196 g/mol. The normalized spacial score (nSPS) is 26.4. The average Bonchev–Trinajstić information content (AvgIpc) is 2.12. The predicted octanol–water partition coefficient (Wildman–Crippen LogP) is 1.72. The van der Waals surface area contributed by atoms with Crippen LogP contribution in [0.15, 0.2) is 0 Å². The van der Waals surface area contributed by atoms with E-state index in [2.05, 4.69) is 17.1 Å². The van der Waals surface area contributed by atoms with Crippen LogP contribution in [0.3, 0.4) is 0 Å². The van der Waals surface area contributed by atoms with Crippen LogP contribution in [0.25, 0.3) is 0 Å². The lowest BCUT2D eigenvalue weighted by atomic mass is 9.96. The molecule has 2 rings (SSSR count). The van der Waals surface area contributed by atoms with Gasteiger partial charge in [0.25, 0.3) is 0 Å². The number of nitrogens with one attached hydrogen (secondary N) is 1. The van der Waals surface area contributed by atoms with Crippen molar-refractivity contribution in [3.05, 3.63) is 0 Å². The lowest BCUT2D eigenvalue weighted by Crippen LogP contribution is -2.42. The molecule has 0 aliphatic carbocycles. The molecule has 0 atom stereocenters. The molecule has 2 saturated heterocycles. The van der Waals surface area contributed by atoms with Gasteiger partial charge in [-0.1, -0.05) is 6.92 Å². The predicted molar refractivity (Wildman–Crippen MR) is 60.4 cm³/mol. The SMILES string of the molecule is CC1CCN(CCCC2CNC2)CC1. The molecule has 2 aliphatic rings. The summed E-state index contributed by atoms with van der Waals surface area (Å²) in [4.78, 5) is 2.66. The molecular weight excluding hydrogens is 172 g/mol. The van der Waals surface area contributed by atoms with Gasteiger partial charge in [-0.2, -0.15) is 0 Å². The van der Waals surface area contributed by atoms with Gasteiger partial charge in [0.05, 0.1) is 0 Å². The van der Waals surface area contributed by atoms with Gasteiger partial charge in [-0.05, 0) is 70.2 Å². The molecule has 2 fully saturated rings. The summed E-state index contributed by atoms with van der Waals surface area (Å²) in [6.07, 6.45) is 5.70. The highest BCUT2D eigenvalue weighted by Crippen LogP contribution is 2.17. The second-order valence-electron chi connectivity index (χ2n) is 5.19. The van der Waals surface area contributed by atoms with Crippen molar-refractivity contribution >= 4 is 0 Å². The van der Waals surface area contributed by atoms with Crippen molar-refractivity contribution in [3.8, 4) is 0 Å². The Morgan fingerprint density at radius 3 is 2.50 bits per heavy atom. The van der Waals surface area contributed by atoms with Crippen LogP contribution in [0.5, 0.6) is 0 Å². The highest BCUT2D eigenvalue weighted by molar-refractivity contribution is 4.75. The first-order valence-electron chi connectivity index (χ1n) is 6.27. The molecule has 14 heavy (non-hydrogen) atoms. The van der Waals surface area contributed by atoms with E-state index in [1.165, 1.54) is 58.4 Å². The van der Waals surface area contributed by atoms with Crippen LogP contribution >= 0.6 is 0 Å². The fourth-order valence-corrected chi connectivity index (χ4v) is 2.44. The molecule has 0 radical (unpaired) electrons. The highest BCUT2D eigenvalue weighted by atomic mass is 15.1. The summed E-state index contributed by atoms with van der Waals surface area (Å²) < 4.78 is 0. The molecule has 2 nitrogen and oxygen atoms in total. The Balaban J connectivity index is 1.52. The van der Waals surface area contributed by atoms with Crippen molar-refractivity contribution in [2.24, 2.45) is 11.8 Å². The van der Waals surface area contributed by atoms with Gasteiger partial charge in [-0.15, -0.1) is 0 Å². The van der Waals surface area contributed by atoms with Gasteiger partial charge in [0.2, 0.25) is 0 Å². The van der Waals surface area contributed by atoms with E-state index in [1.54, 1.807) is 0 Å². The molecule has 0 aromatic heterocycles. The summed E-state index contributed by atoms with van der Waals surface area (Å²) in [6, 6.07) is 0. The summed E-state index contributed by atoms with van der Waals surface area (Å²) in [7, 11) is 0. The Morgan fingerprint density at radius 1 is 1.21 bits per heavy atom. The quantitative estimate of drug-likeness (QED) is 0.736. The fourth-order valence-electron chi connectivity index (χ4n) is 2.44. The first-order chi connectivity index (χ1) is 6.84. The van der Waals surface area contributed by atoms with E-state index in [1.807, 2.05) is 0 Å². The topological polar surface area (TPSA) is 15.3 Å². The van der Waals surface area contributed by atoms with Crippen molar-refractivity contribution in [2.45, 2.75) is 32.6 Å². The van der Waals surface area contributed by atoms with E-state index in [-0.39, 0.29) is 0 Å². The molecule has 0 amide bonds. The summed E-state index contributed by atoms with van der Waals surface area (Å²) in [5.41, 5.74) is 0. The maximum absolute atomic E-state index is 3.34. The average molecular weight is 196 g/mol.